The van der Waals surface area contributed by atoms with Crippen molar-refractivity contribution in [1.82, 2.24) is 0 Å². The molecule has 12 heteroatoms. The summed E-state index contributed by atoms with van der Waals surface area (Å²) in [6.07, 6.45) is 0. The summed E-state index contributed by atoms with van der Waals surface area (Å²) in [7, 11) is -10.0. The van der Waals surface area contributed by atoms with Crippen molar-refractivity contribution in [2.75, 3.05) is 0 Å². The predicted octanol–water partition coefficient (Wildman–Crippen LogP) is -6.75. The summed E-state index contributed by atoms with van der Waals surface area (Å²) in [6.45, 7) is 0. The number of hydrogen-bond acceptors (Lipinski definition) is 5. The van der Waals surface area contributed by atoms with E-state index in [1.54, 1.807) is 0 Å². The molecule has 0 unspecified atom stereocenters. The maximum absolute atomic E-state index is 8.88. The molecule has 0 rings (SSSR count). The van der Waals surface area contributed by atoms with Crippen LogP contribution in [-0.2, 0) is 26.2 Å². The van der Waals surface area contributed by atoms with Gasteiger partial charge in [0.25, 0.3) is 0 Å². The van der Waals surface area contributed by atoms with E-state index >= 15 is 0 Å². The van der Waals surface area contributed by atoms with Crippen molar-refractivity contribution in [3.63, 3.8) is 0 Å². The minimum absolute atomic E-state index is 0. The molecule has 0 aromatic heterocycles. The van der Waals surface area contributed by atoms with Gasteiger partial charge < -0.3 is 33.9 Å². The van der Waals surface area contributed by atoms with E-state index < -0.39 is 15.6 Å². The van der Waals surface area contributed by atoms with E-state index in [2.05, 4.69) is 0 Å². The molecule has 12 heavy (non-hydrogen) atoms. The average molecular weight is 272 g/mol. The second-order valence-corrected chi connectivity index (χ2v) is 2.88. The van der Waals surface area contributed by atoms with Crippen LogP contribution in [0.3, 0.4) is 0 Å². The first-order valence-electron chi connectivity index (χ1n) is 1.51. The minimum atomic E-state index is -5.39. The van der Waals surface area contributed by atoms with Gasteiger partial charge in [-0.3, -0.25) is 0 Å². The number of phosphoric acid groups is 2. The topological polar surface area (TPSA) is 164 Å². The molecule has 8 nitrogen and oxygen atoms in total. The van der Waals surface area contributed by atoms with Gasteiger partial charge in [-0.2, -0.15) is 7.82 Å². The van der Waals surface area contributed by atoms with Crippen LogP contribution >= 0.6 is 15.6 Å². The third-order valence-electron chi connectivity index (χ3n) is 0. The van der Waals surface area contributed by atoms with Gasteiger partial charge >= 0.3 is 54.4 Å². The van der Waals surface area contributed by atoms with Crippen molar-refractivity contribution in [1.29, 1.82) is 0 Å². The molecule has 0 aliphatic rings. The van der Waals surface area contributed by atoms with Gasteiger partial charge in [-0.1, -0.05) is 0 Å². The first-order chi connectivity index (χ1) is 4.00. The Morgan fingerprint density at radius 1 is 0.917 bits per heavy atom. The molecule has 0 bridgehead atoms. The number of rotatable bonds is 0. The molecule has 0 saturated heterocycles. The van der Waals surface area contributed by atoms with Gasteiger partial charge in [0.15, 0.2) is 0 Å². The van der Waals surface area contributed by atoms with Crippen LogP contribution in [0.4, 0.5) is 0 Å². The van der Waals surface area contributed by atoms with Crippen LogP contribution in [0.5, 0.6) is 0 Å². The molecule has 0 radical (unpaired) electrons. The van der Waals surface area contributed by atoms with Crippen LogP contribution in [0, 0.1) is 0 Å². The molecular formula is H3FeNaO8P2. The summed E-state index contributed by atoms with van der Waals surface area (Å²) >= 11 is 0. The maximum atomic E-state index is 8.88. The summed E-state index contributed by atoms with van der Waals surface area (Å²) in [5.74, 6) is 0. The van der Waals surface area contributed by atoms with Gasteiger partial charge in [0.05, 0.1) is 0 Å². The number of hydrogen-bond donors (Lipinski definition) is 3. The van der Waals surface area contributed by atoms with Gasteiger partial charge in [-0.15, -0.1) is 0 Å². The second kappa shape index (κ2) is 9.30. The van der Waals surface area contributed by atoms with Crippen LogP contribution in [0.2, 0.25) is 0 Å². The van der Waals surface area contributed by atoms with Crippen LogP contribution in [0.15, 0.2) is 0 Å². The zero-order valence-electron chi connectivity index (χ0n) is 5.63. The standard InChI is InChI=1S/Fe.Na.2H3O4P/c;;2*1-5(2,3)4/h;;2*(H3,1,2,3,4)/q+2;+1;;/p-3. The van der Waals surface area contributed by atoms with Gasteiger partial charge in [0.2, 0.25) is 0 Å². The molecule has 70 valence electrons. The third kappa shape index (κ3) is 447. The van der Waals surface area contributed by atoms with Crippen molar-refractivity contribution in [2.45, 2.75) is 0 Å². The molecule has 0 atom stereocenters. The summed E-state index contributed by atoms with van der Waals surface area (Å²) in [5, 5.41) is 0. The smallest absolute Gasteiger partial charge is 0.822 e. The van der Waals surface area contributed by atoms with E-state index in [9.17, 15) is 0 Å². The normalized spacial score (nSPS) is 9.83. The summed E-state index contributed by atoms with van der Waals surface area (Å²) in [6, 6.07) is 0. The SMILES string of the molecule is O=P(O)(O)O.O=P([O-])([O-])[O-].[Fe+2].[Na+]. The van der Waals surface area contributed by atoms with Gasteiger partial charge in [-0.05, 0) is 0 Å². The fourth-order valence-corrected chi connectivity index (χ4v) is 0. The Morgan fingerprint density at radius 2 is 0.917 bits per heavy atom. The largest absolute Gasteiger partial charge is 2.00 e. The first kappa shape index (κ1) is 23.5. The summed E-state index contributed by atoms with van der Waals surface area (Å²) in [5.41, 5.74) is 0. The molecule has 3 N–H and O–H groups in total. The van der Waals surface area contributed by atoms with Crippen LogP contribution < -0.4 is 44.2 Å². The van der Waals surface area contributed by atoms with Crippen molar-refractivity contribution in [3.05, 3.63) is 0 Å². The molecule has 0 heterocycles. The fraction of sp³-hybridized carbons (Fsp3) is 0. The van der Waals surface area contributed by atoms with Crippen molar-refractivity contribution >= 4 is 15.6 Å². The van der Waals surface area contributed by atoms with E-state index in [0.29, 0.717) is 0 Å². The van der Waals surface area contributed by atoms with E-state index in [1.807, 2.05) is 0 Å². The van der Waals surface area contributed by atoms with E-state index in [0.717, 1.165) is 0 Å². The predicted molar refractivity (Wildman–Crippen MR) is 21.9 cm³/mol. The summed E-state index contributed by atoms with van der Waals surface area (Å²) in [4.78, 5) is 47.2. The van der Waals surface area contributed by atoms with E-state index in [-0.39, 0.29) is 46.6 Å². The van der Waals surface area contributed by atoms with Gasteiger partial charge in [-0.25, -0.2) is 4.57 Å². The quantitative estimate of drug-likeness (QED) is 0.289. The molecule has 0 fully saturated rings. The Balaban J connectivity index is -0.0000000457. The molecule has 0 amide bonds. The molecule has 0 saturated carbocycles. The zero-order valence-corrected chi connectivity index (χ0v) is 10.5. The monoisotopic (exact) mass is 272 g/mol. The fourth-order valence-electron chi connectivity index (χ4n) is 0. The van der Waals surface area contributed by atoms with Crippen molar-refractivity contribution < 1.29 is 85.1 Å². The van der Waals surface area contributed by atoms with Crippen LogP contribution in [-0.4, -0.2) is 14.7 Å². The molecule has 0 spiro atoms. The Bertz CT molecular complexity index is 129. The first-order valence-corrected chi connectivity index (χ1v) is 4.54. The minimum Gasteiger partial charge on any atom is -0.822 e. The molecular weight excluding hydrogens is 269 g/mol. The van der Waals surface area contributed by atoms with Gasteiger partial charge in [0, 0.05) is 0 Å². The Morgan fingerprint density at radius 3 is 0.917 bits per heavy atom. The average Bonchev–Trinajstić information content (AvgIpc) is 1.12. The van der Waals surface area contributed by atoms with Crippen LogP contribution in [0.1, 0.15) is 0 Å². The Hall–Kier alpha value is 1.74. The maximum Gasteiger partial charge on any atom is 2.00 e. The second-order valence-electron chi connectivity index (χ2n) is 0.960. The molecule has 0 aromatic rings. The molecule has 0 aromatic carbocycles. The van der Waals surface area contributed by atoms with Gasteiger partial charge in [0.1, 0.15) is 0 Å². The summed E-state index contributed by atoms with van der Waals surface area (Å²) < 4.78 is 17.4. The van der Waals surface area contributed by atoms with Crippen molar-refractivity contribution in [3.8, 4) is 0 Å². The van der Waals surface area contributed by atoms with Crippen LogP contribution in [0.25, 0.3) is 0 Å². The molecule has 0 aliphatic carbocycles. The van der Waals surface area contributed by atoms with E-state index in [1.165, 1.54) is 0 Å². The Kier molecular flexibility index (Phi) is 18.2. The Labute approximate surface area is 100 Å². The third-order valence-corrected chi connectivity index (χ3v) is 0. The molecule has 0 aliphatic heterocycles. The van der Waals surface area contributed by atoms with E-state index in [4.69, 9.17) is 38.5 Å². The van der Waals surface area contributed by atoms with Crippen molar-refractivity contribution in [2.24, 2.45) is 0 Å². The zero-order chi connectivity index (χ0) is 9.00.